The minimum Gasteiger partial charge on any atom is -0.499 e. The van der Waals surface area contributed by atoms with Gasteiger partial charge >= 0.3 is 0 Å². The van der Waals surface area contributed by atoms with Crippen LogP contribution < -0.4 is 4.74 Å². The van der Waals surface area contributed by atoms with Crippen LogP contribution in [0.25, 0.3) is 0 Å². The number of nitrogens with zero attached hydrogens (tertiary/aromatic N) is 1. The van der Waals surface area contributed by atoms with E-state index in [1.165, 1.54) is 17.7 Å². The first-order valence-corrected chi connectivity index (χ1v) is 6.49. The first-order valence-electron chi connectivity index (χ1n) is 6.49. The van der Waals surface area contributed by atoms with E-state index >= 15 is 0 Å². The molecule has 2 heterocycles. The molecule has 0 aliphatic carbocycles. The van der Waals surface area contributed by atoms with E-state index in [1.54, 1.807) is 7.11 Å². The molecule has 0 amide bonds. The zero-order valence-electron chi connectivity index (χ0n) is 10.9. The maximum atomic E-state index is 5.44. The molecular formula is C15H19NO2. The van der Waals surface area contributed by atoms with Crippen molar-refractivity contribution in [1.29, 1.82) is 0 Å². The molecule has 2 aliphatic heterocycles. The number of hydrogen-bond acceptors (Lipinski definition) is 3. The Balaban J connectivity index is 1.75. The average molecular weight is 245 g/mol. The van der Waals surface area contributed by atoms with E-state index in [-0.39, 0.29) is 0 Å². The molecule has 1 fully saturated rings. The predicted molar refractivity (Wildman–Crippen MR) is 70.1 cm³/mol. The highest BCUT2D eigenvalue weighted by Crippen LogP contribution is 2.37. The molecule has 0 radical (unpaired) electrons. The fraction of sp³-hybridized carbons (Fsp3) is 0.467. The molecule has 1 aromatic rings. The Kier molecular flexibility index (Phi) is 2.90. The van der Waals surface area contributed by atoms with Crippen LogP contribution in [-0.2, 0) is 11.3 Å². The normalized spacial score (nSPS) is 25.7. The summed E-state index contributed by atoms with van der Waals surface area (Å²) in [6, 6.07) is 8.91. The van der Waals surface area contributed by atoms with Crippen molar-refractivity contribution in [3.8, 4) is 5.75 Å². The molecule has 3 rings (SSSR count). The molecule has 2 unspecified atom stereocenters. The largest absolute Gasteiger partial charge is 0.499 e. The molecule has 3 nitrogen and oxygen atoms in total. The van der Waals surface area contributed by atoms with Gasteiger partial charge in [-0.25, -0.2) is 0 Å². The zero-order chi connectivity index (χ0) is 12.5. The molecule has 1 saturated heterocycles. The van der Waals surface area contributed by atoms with Crippen molar-refractivity contribution in [2.75, 3.05) is 13.7 Å². The topological polar surface area (TPSA) is 21.7 Å². The minimum atomic E-state index is 0.604. The summed E-state index contributed by atoms with van der Waals surface area (Å²) in [4.78, 5) is 2.46. The first-order chi connectivity index (χ1) is 8.78. The molecule has 0 N–H and O–H groups in total. The summed E-state index contributed by atoms with van der Waals surface area (Å²) in [5.74, 6) is 1.52. The average Bonchev–Trinajstić information content (AvgIpc) is 2.94. The molecule has 2 atom stereocenters. The van der Waals surface area contributed by atoms with Gasteiger partial charge in [-0.1, -0.05) is 12.1 Å². The van der Waals surface area contributed by atoms with Crippen LogP contribution >= 0.6 is 0 Å². The Bertz CT molecular complexity index is 452. The number of rotatable bonds is 3. The Labute approximate surface area is 108 Å². The fourth-order valence-electron chi connectivity index (χ4n) is 2.89. The van der Waals surface area contributed by atoms with Gasteiger partial charge in [0.25, 0.3) is 0 Å². The van der Waals surface area contributed by atoms with Gasteiger partial charge in [0, 0.05) is 18.5 Å². The monoisotopic (exact) mass is 245 g/mol. The molecule has 3 heteroatoms. The second kappa shape index (κ2) is 4.56. The second-order valence-electron chi connectivity index (χ2n) is 5.13. The lowest BCUT2D eigenvalue weighted by Crippen LogP contribution is -2.25. The van der Waals surface area contributed by atoms with Crippen molar-refractivity contribution < 1.29 is 9.47 Å². The van der Waals surface area contributed by atoms with Crippen LogP contribution in [0.5, 0.6) is 5.75 Å². The van der Waals surface area contributed by atoms with Crippen LogP contribution in [0.2, 0.25) is 0 Å². The molecule has 96 valence electrons. The van der Waals surface area contributed by atoms with E-state index in [0.717, 1.165) is 18.9 Å². The molecule has 0 aromatic heterocycles. The third-order valence-electron chi connectivity index (χ3n) is 3.92. The van der Waals surface area contributed by atoms with Gasteiger partial charge in [0.2, 0.25) is 0 Å². The van der Waals surface area contributed by atoms with E-state index in [2.05, 4.69) is 24.0 Å². The molecule has 0 bridgehead atoms. The van der Waals surface area contributed by atoms with Gasteiger partial charge in [0.1, 0.15) is 12.0 Å². The number of methoxy groups -OCH3 is 1. The molecule has 2 aliphatic rings. The van der Waals surface area contributed by atoms with Crippen molar-refractivity contribution in [2.24, 2.45) is 5.92 Å². The summed E-state index contributed by atoms with van der Waals surface area (Å²) >= 11 is 0. The van der Waals surface area contributed by atoms with Crippen molar-refractivity contribution in [3.05, 3.63) is 41.8 Å². The van der Waals surface area contributed by atoms with Crippen molar-refractivity contribution in [1.82, 2.24) is 4.90 Å². The van der Waals surface area contributed by atoms with Crippen LogP contribution in [-0.4, -0.2) is 24.7 Å². The number of fused-ring (bicyclic) bond motifs is 1. The number of hydrogen-bond donors (Lipinski definition) is 0. The first kappa shape index (κ1) is 11.5. The predicted octanol–water partition coefficient (Wildman–Crippen LogP) is 2.78. The third-order valence-corrected chi connectivity index (χ3v) is 3.92. The Hall–Kier alpha value is -1.64. The molecule has 0 spiro atoms. The van der Waals surface area contributed by atoms with Crippen molar-refractivity contribution >= 4 is 0 Å². The van der Waals surface area contributed by atoms with E-state index < -0.39 is 0 Å². The molecular weight excluding hydrogens is 226 g/mol. The summed E-state index contributed by atoms with van der Waals surface area (Å²) in [5, 5.41) is 0. The van der Waals surface area contributed by atoms with Crippen molar-refractivity contribution in [2.45, 2.75) is 25.9 Å². The Morgan fingerprint density at radius 3 is 2.83 bits per heavy atom. The summed E-state index contributed by atoms with van der Waals surface area (Å²) < 4.78 is 10.6. The SMILES string of the molecule is COc1ccc(CN2C3=COCC3CC2C)cc1. The Morgan fingerprint density at radius 1 is 1.33 bits per heavy atom. The lowest BCUT2D eigenvalue weighted by Gasteiger charge is -2.24. The Morgan fingerprint density at radius 2 is 2.11 bits per heavy atom. The minimum absolute atomic E-state index is 0.604. The quantitative estimate of drug-likeness (QED) is 0.817. The van der Waals surface area contributed by atoms with Crippen LogP contribution in [0.1, 0.15) is 18.9 Å². The summed E-state index contributed by atoms with van der Waals surface area (Å²) in [6.07, 6.45) is 3.15. The maximum absolute atomic E-state index is 5.44. The number of ether oxygens (including phenoxy) is 2. The lowest BCUT2D eigenvalue weighted by molar-refractivity contribution is 0.233. The van der Waals surface area contributed by atoms with Crippen LogP contribution in [0.3, 0.4) is 0 Å². The molecule has 18 heavy (non-hydrogen) atoms. The number of benzene rings is 1. The van der Waals surface area contributed by atoms with Crippen LogP contribution in [0.15, 0.2) is 36.2 Å². The van der Waals surface area contributed by atoms with Gasteiger partial charge in [-0.3, -0.25) is 0 Å². The standard InChI is InChI=1S/C15H19NO2/c1-11-7-13-9-18-10-15(13)16(11)8-12-3-5-14(17-2)6-4-12/h3-6,10-11,13H,7-9H2,1-2H3. The molecule has 0 saturated carbocycles. The zero-order valence-corrected chi connectivity index (χ0v) is 10.9. The van der Waals surface area contributed by atoms with E-state index in [0.29, 0.717) is 12.0 Å². The van der Waals surface area contributed by atoms with E-state index in [4.69, 9.17) is 9.47 Å². The van der Waals surface area contributed by atoms with Crippen LogP contribution in [0, 0.1) is 5.92 Å². The smallest absolute Gasteiger partial charge is 0.118 e. The van der Waals surface area contributed by atoms with Gasteiger partial charge in [-0.05, 0) is 31.0 Å². The van der Waals surface area contributed by atoms with Gasteiger partial charge in [0.15, 0.2) is 0 Å². The highest BCUT2D eigenvalue weighted by Gasteiger charge is 2.36. The van der Waals surface area contributed by atoms with Gasteiger partial charge < -0.3 is 14.4 Å². The van der Waals surface area contributed by atoms with Gasteiger partial charge in [-0.15, -0.1) is 0 Å². The summed E-state index contributed by atoms with van der Waals surface area (Å²) in [7, 11) is 1.70. The van der Waals surface area contributed by atoms with Crippen molar-refractivity contribution in [3.63, 3.8) is 0 Å². The van der Waals surface area contributed by atoms with Gasteiger partial charge in [0.05, 0.1) is 19.4 Å². The van der Waals surface area contributed by atoms with Gasteiger partial charge in [-0.2, -0.15) is 0 Å². The fourth-order valence-corrected chi connectivity index (χ4v) is 2.89. The lowest BCUT2D eigenvalue weighted by atomic mass is 10.1. The third kappa shape index (κ3) is 1.94. The van der Waals surface area contributed by atoms with E-state index in [1.807, 2.05) is 18.4 Å². The molecule has 1 aromatic carbocycles. The number of likely N-dealkylation sites (tertiary alicyclic amines) is 1. The highest BCUT2D eigenvalue weighted by atomic mass is 16.5. The maximum Gasteiger partial charge on any atom is 0.118 e. The summed E-state index contributed by atoms with van der Waals surface area (Å²) in [5.41, 5.74) is 2.69. The highest BCUT2D eigenvalue weighted by molar-refractivity contribution is 5.28. The second-order valence-corrected chi connectivity index (χ2v) is 5.13. The van der Waals surface area contributed by atoms with Crippen LogP contribution in [0.4, 0.5) is 0 Å². The summed E-state index contributed by atoms with van der Waals surface area (Å²) in [6.45, 7) is 4.11. The van der Waals surface area contributed by atoms with E-state index in [9.17, 15) is 0 Å².